The molecule has 0 aliphatic carbocycles. The topological polar surface area (TPSA) is 110 Å². The van der Waals surface area contributed by atoms with Crippen LogP contribution in [0.25, 0.3) is 11.1 Å². The summed E-state index contributed by atoms with van der Waals surface area (Å²) in [5, 5.41) is 30.8. The summed E-state index contributed by atoms with van der Waals surface area (Å²) in [4.78, 5) is 23.1. The van der Waals surface area contributed by atoms with Gasteiger partial charge in [0.05, 0.1) is 11.6 Å². The van der Waals surface area contributed by atoms with Crippen molar-refractivity contribution in [2.45, 2.75) is 39.3 Å². The lowest BCUT2D eigenvalue weighted by atomic mass is 9.98. The molecule has 3 aromatic carbocycles. The third-order valence-electron chi connectivity index (χ3n) is 6.08. The van der Waals surface area contributed by atoms with Crippen LogP contribution in [0.5, 0.6) is 11.5 Å². The molecular formula is C28H32N2O5. The first-order chi connectivity index (χ1) is 16.8. The number of benzene rings is 3. The molecule has 4 rings (SSSR count). The number of hydrogen-bond acceptors (Lipinski definition) is 5. The maximum Gasteiger partial charge on any atom is 0.335 e. The van der Waals surface area contributed by atoms with Crippen molar-refractivity contribution in [3.63, 3.8) is 0 Å². The number of rotatable bonds is 7. The highest BCUT2D eigenvalue weighted by atomic mass is 16.4. The Labute approximate surface area is 205 Å². The van der Waals surface area contributed by atoms with Gasteiger partial charge in [-0.25, -0.2) is 4.79 Å². The molecule has 1 saturated heterocycles. The minimum absolute atomic E-state index is 0.102. The van der Waals surface area contributed by atoms with Crippen LogP contribution < -0.4 is 5.32 Å². The molecule has 0 spiro atoms. The van der Waals surface area contributed by atoms with Crippen LogP contribution in [0.2, 0.25) is 0 Å². The number of carboxylic acid groups (broad SMARTS) is 1. The van der Waals surface area contributed by atoms with Crippen molar-refractivity contribution in [3.8, 4) is 22.6 Å². The van der Waals surface area contributed by atoms with Gasteiger partial charge in [-0.3, -0.25) is 9.69 Å². The van der Waals surface area contributed by atoms with E-state index in [9.17, 15) is 19.8 Å². The van der Waals surface area contributed by atoms with Gasteiger partial charge in [0, 0.05) is 6.54 Å². The fourth-order valence-electron chi connectivity index (χ4n) is 4.20. The van der Waals surface area contributed by atoms with E-state index in [2.05, 4.69) is 16.3 Å². The number of aromatic hydroxyl groups is 2. The molecule has 7 nitrogen and oxygen atoms in total. The lowest BCUT2D eigenvalue weighted by molar-refractivity contribution is -0.110. The Morgan fingerprint density at radius 2 is 1.69 bits per heavy atom. The molecule has 1 heterocycles. The minimum Gasteiger partial charge on any atom is -0.508 e. The highest BCUT2D eigenvalue weighted by Crippen LogP contribution is 2.30. The predicted molar refractivity (Wildman–Crippen MR) is 135 cm³/mol. The second-order valence-corrected chi connectivity index (χ2v) is 8.80. The lowest BCUT2D eigenvalue weighted by Crippen LogP contribution is -2.18. The Hall–Kier alpha value is -3.84. The first kappa shape index (κ1) is 25.8. The predicted octanol–water partition coefficient (Wildman–Crippen LogP) is 4.86. The third kappa shape index (κ3) is 7.32. The second kappa shape index (κ2) is 12.0. The summed E-state index contributed by atoms with van der Waals surface area (Å²) in [6.07, 6.45) is 3.15. The monoisotopic (exact) mass is 476 g/mol. The molecule has 7 heteroatoms. The van der Waals surface area contributed by atoms with Gasteiger partial charge in [-0.05, 0) is 110 Å². The Bertz CT molecular complexity index is 1150. The molecule has 184 valence electrons. The zero-order chi connectivity index (χ0) is 25.4. The molecule has 0 aromatic heterocycles. The molecular weight excluding hydrogens is 444 g/mol. The zero-order valence-corrected chi connectivity index (χ0v) is 20.1. The number of nitrogens with one attached hydrogen (secondary N) is 1. The highest BCUT2D eigenvalue weighted by molar-refractivity contribution is 5.87. The van der Waals surface area contributed by atoms with Gasteiger partial charge in [0.1, 0.15) is 11.5 Å². The molecule has 1 fully saturated rings. The summed E-state index contributed by atoms with van der Waals surface area (Å²) >= 11 is 0. The van der Waals surface area contributed by atoms with E-state index in [1.807, 2.05) is 26.0 Å². The fraction of sp³-hybridized carbons (Fsp3) is 0.286. The average molecular weight is 477 g/mol. The molecule has 1 amide bonds. The van der Waals surface area contributed by atoms with E-state index in [0.717, 1.165) is 47.5 Å². The van der Waals surface area contributed by atoms with E-state index >= 15 is 0 Å². The summed E-state index contributed by atoms with van der Waals surface area (Å²) in [7, 11) is 0. The van der Waals surface area contributed by atoms with Crippen molar-refractivity contribution in [1.82, 2.24) is 10.2 Å². The average Bonchev–Trinajstić information content (AvgIpc) is 3.32. The van der Waals surface area contributed by atoms with E-state index in [4.69, 9.17) is 5.11 Å². The Morgan fingerprint density at radius 3 is 2.29 bits per heavy atom. The number of hydrogen-bond donors (Lipinski definition) is 4. The molecule has 0 bridgehead atoms. The summed E-state index contributed by atoms with van der Waals surface area (Å²) in [5.74, 6) is -0.379. The van der Waals surface area contributed by atoms with Crippen molar-refractivity contribution < 1.29 is 24.9 Å². The number of carbonyl (C=O) groups excluding carboxylic acids is 1. The summed E-state index contributed by atoms with van der Waals surface area (Å²) in [6.45, 7) is 6.97. The molecule has 0 radical (unpaired) electrons. The third-order valence-corrected chi connectivity index (χ3v) is 6.08. The summed E-state index contributed by atoms with van der Waals surface area (Å²) < 4.78 is 0. The first-order valence-corrected chi connectivity index (χ1v) is 11.6. The first-order valence-electron chi connectivity index (χ1n) is 11.6. The highest BCUT2D eigenvalue weighted by Gasteiger charge is 2.13. The Kier molecular flexibility index (Phi) is 8.86. The van der Waals surface area contributed by atoms with E-state index in [1.54, 1.807) is 30.3 Å². The molecule has 1 aliphatic heterocycles. The second-order valence-electron chi connectivity index (χ2n) is 8.80. The van der Waals surface area contributed by atoms with Gasteiger partial charge in [0.15, 0.2) is 0 Å². The number of phenolic OH excluding ortho intramolecular Hbond substituents is 2. The van der Waals surface area contributed by atoms with E-state index in [0.29, 0.717) is 12.2 Å². The quantitative estimate of drug-likeness (QED) is 0.363. The smallest absolute Gasteiger partial charge is 0.335 e. The molecule has 35 heavy (non-hydrogen) atoms. The Morgan fingerprint density at radius 1 is 1.00 bits per heavy atom. The largest absolute Gasteiger partial charge is 0.508 e. The SMILES string of the molecule is CC(NC=O)c1ccc(C(=O)O)cc1.Cc1cc(O)ccc1-c1cc(O)cc(CN2CCCC2)c1. The van der Waals surface area contributed by atoms with E-state index in [-0.39, 0.29) is 17.4 Å². The van der Waals surface area contributed by atoms with Gasteiger partial charge in [-0.15, -0.1) is 0 Å². The maximum atomic E-state index is 10.5. The van der Waals surface area contributed by atoms with Gasteiger partial charge in [0.25, 0.3) is 0 Å². The number of phenols is 2. The van der Waals surface area contributed by atoms with Gasteiger partial charge < -0.3 is 20.6 Å². The number of nitrogens with zero attached hydrogens (tertiary/aromatic N) is 1. The molecule has 1 unspecified atom stereocenters. The van der Waals surface area contributed by atoms with Gasteiger partial charge >= 0.3 is 5.97 Å². The van der Waals surface area contributed by atoms with Crippen molar-refractivity contribution in [1.29, 1.82) is 0 Å². The molecule has 4 N–H and O–H groups in total. The number of carbonyl (C=O) groups is 2. The lowest BCUT2D eigenvalue weighted by Gasteiger charge is -2.16. The fourth-order valence-corrected chi connectivity index (χ4v) is 4.20. The molecule has 1 aliphatic rings. The van der Waals surface area contributed by atoms with E-state index < -0.39 is 5.97 Å². The number of aryl methyl sites for hydroxylation is 1. The van der Waals surface area contributed by atoms with Crippen LogP contribution in [0.1, 0.15) is 52.9 Å². The summed E-state index contributed by atoms with van der Waals surface area (Å²) in [5.41, 5.74) is 5.31. The van der Waals surface area contributed by atoms with Crippen LogP contribution in [0, 0.1) is 6.92 Å². The Balaban J connectivity index is 0.000000214. The van der Waals surface area contributed by atoms with Gasteiger partial charge in [-0.1, -0.05) is 18.2 Å². The molecule has 0 saturated carbocycles. The maximum absolute atomic E-state index is 10.5. The minimum atomic E-state index is -0.951. The van der Waals surface area contributed by atoms with Crippen molar-refractivity contribution >= 4 is 12.4 Å². The number of aromatic carboxylic acids is 1. The van der Waals surface area contributed by atoms with Crippen LogP contribution in [0.4, 0.5) is 0 Å². The van der Waals surface area contributed by atoms with Gasteiger partial charge in [-0.2, -0.15) is 0 Å². The number of carboxylic acids is 1. The summed E-state index contributed by atoms with van der Waals surface area (Å²) in [6, 6.07) is 17.4. The van der Waals surface area contributed by atoms with Crippen LogP contribution in [-0.2, 0) is 11.3 Å². The van der Waals surface area contributed by atoms with Crippen molar-refractivity contribution in [2.24, 2.45) is 0 Å². The number of likely N-dealkylation sites (tertiary alicyclic amines) is 1. The normalized spacial score (nSPS) is 14.0. The van der Waals surface area contributed by atoms with Crippen LogP contribution in [-0.4, -0.2) is 45.7 Å². The van der Waals surface area contributed by atoms with Crippen LogP contribution >= 0.6 is 0 Å². The zero-order valence-electron chi connectivity index (χ0n) is 20.1. The van der Waals surface area contributed by atoms with Crippen molar-refractivity contribution in [3.05, 3.63) is 82.9 Å². The van der Waals surface area contributed by atoms with Crippen molar-refractivity contribution in [2.75, 3.05) is 13.1 Å². The van der Waals surface area contributed by atoms with Gasteiger partial charge in [0.2, 0.25) is 6.41 Å². The standard InChI is InChI=1S/C18H21NO2.C10H11NO3/c1-13-8-16(20)4-5-18(13)15-9-14(10-17(21)11-15)12-19-6-2-3-7-19;1-7(11-6-12)8-2-4-9(5-3-8)10(13)14/h4-5,8-11,20-21H,2-3,6-7,12H2,1H3;2-7H,1H3,(H,11,12)(H,13,14). The number of amides is 1. The molecule has 3 aromatic rings. The van der Waals surface area contributed by atoms with Crippen LogP contribution in [0.15, 0.2) is 60.7 Å². The van der Waals surface area contributed by atoms with Crippen LogP contribution in [0.3, 0.4) is 0 Å². The molecule has 1 atom stereocenters. The van der Waals surface area contributed by atoms with E-state index in [1.165, 1.54) is 25.0 Å².